The largest absolute Gasteiger partial charge is 0.363 e. The highest BCUT2D eigenvalue weighted by Crippen LogP contribution is 2.26. The average Bonchev–Trinajstić information content (AvgIpc) is 2.47. The molecule has 1 saturated heterocycles. The molecule has 1 fully saturated rings. The van der Waals surface area contributed by atoms with Crippen molar-refractivity contribution in [3.05, 3.63) is 35.9 Å². The number of imide groups is 1. The molecule has 2 rings (SSSR count). The van der Waals surface area contributed by atoms with Gasteiger partial charge in [0.25, 0.3) is 5.91 Å². The van der Waals surface area contributed by atoms with Crippen LogP contribution in [-0.2, 0) is 11.2 Å². The molecule has 0 saturated carbocycles. The number of urea groups is 1. The molecule has 17 heavy (non-hydrogen) atoms. The van der Waals surface area contributed by atoms with Crippen LogP contribution in [0.25, 0.3) is 0 Å². The van der Waals surface area contributed by atoms with Crippen molar-refractivity contribution in [1.29, 1.82) is 0 Å². The maximum Gasteiger partial charge on any atom is 0.328 e. The molecule has 3 amide bonds. The Morgan fingerprint density at radius 1 is 1.18 bits per heavy atom. The summed E-state index contributed by atoms with van der Waals surface area (Å²) in [6, 6.07) is 8.62. The first kappa shape index (κ1) is 11.6. The van der Waals surface area contributed by atoms with E-state index in [2.05, 4.69) is 0 Å². The topological polar surface area (TPSA) is 60.9 Å². The Morgan fingerprint density at radius 3 is 2.24 bits per heavy atom. The average molecular weight is 234 g/mol. The fourth-order valence-corrected chi connectivity index (χ4v) is 1.96. The zero-order chi connectivity index (χ0) is 12.6. The van der Waals surface area contributed by atoms with Crippen LogP contribution in [0.1, 0.15) is 5.56 Å². The molecular formula is C12H14N2O3. The van der Waals surface area contributed by atoms with Gasteiger partial charge in [-0.15, -0.1) is 0 Å². The van der Waals surface area contributed by atoms with Crippen molar-refractivity contribution in [1.82, 2.24) is 9.80 Å². The van der Waals surface area contributed by atoms with E-state index >= 15 is 0 Å². The Bertz CT molecular complexity index is 460. The molecular weight excluding hydrogens is 220 g/mol. The van der Waals surface area contributed by atoms with E-state index in [9.17, 15) is 14.7 Å². The Balaban J connectivity index is 2.31. The maximum atomic E-state index is 11.9. The molecule has 0 radical (unpaired) electrons. The van der Waals surface area contributed by atoms with Gasteiger partial charge in [0.1, 0.15) is 0 Å². The van der Waals surface area contributed by atoms with Gasteiger partial charge < -0.3 is 5.11 Å². The number of nitrogens with zero attached hydrogens (tertiary/aromatic N) is 2. The fraction of sp³-hybridized carbons (Fsp3) is 0.333. The predicted octanol–water partition coefficient (Wildman–Crippen LogP) is 0.441. The first-order valence-electron chi connectivity index (χ1n) is 5.29. The molecule has 5 nitrogen and oxygen atoms in total. The lowest BCUT2D eigenvalue weighted by Crippen LogP contribution is -2.49. The van der Waals surface area contributed by atoms with Gasteiger partial charge in [0.15, 0.2) is 0 Å². The molecule has 1 aliphatic rings. The lowest BCUT2D eigenvalue weighted by Gasteiger charge is -2.26. The lowest BCUT2D eigenvalue weighted by molar-refractivity contribution is -0.150. The van der Waals surface area contributed by atoms with Gasteiger partial charge in [0.2, 0.25) is 5.72 Å². The summed E-state index contributed by atoms with van der Waals surface area (Å²) >= 11 is 0. The zero-order valence-corrected chi connectivity index (χ0v) is 9.75. The van der Waals surface area contributed by atoms with E-state index < -0.39 is 17.7 Å². The van der Waals surface area contributed by atoms with Gasteiger partial charge >= 0.3 is 6.03 Å². The van der Waals surface area contributed by atoms with E-state index in [1.807, 2.05) is 30.3 Å². The van der Waals surface area contributed by atoms with E-state index in [0.29, 0.717) is 0 Å². The first-order valence-corrected chi connectivity index (χ1v) is 5.29. The summed E-state index contributed by atoms with van der Waals surface area (Å²) in [5.41, 5.74) is -0.967. The first-order chi connectivity index (χ1) is 7.97. The van der Waals surface area contributed by atoms with E-state index in [-0.39, 0.29) is 6.42 Å². The molecule has 1 aromatic rings. The predicted molar refractivity (Wildman–Crippen MR) is 61.0 cm³/mol. The monoisotopic (exact) mass is 234 g/mol. The Morgan fingerprint density at radius 2 is 1.76 bits per heavy atom. The smallest absolute Gasteiger partial charge is 0.328 e. The molecule has 1 unspecified atom stereocenters. The molecule has 0 aliphatic carbocycles. The fourth-order valence-electron chi connectivity index (χ4n) is 1.96. The van der Waals surface area contributed by atoms with Crippen molar-refractivity contribution in [3.8, 4) is 0 Å². The second kappa shape index (κ2) is 3.85. The summed E-state index contributed by atoms with van der Waals surface area (Å²) in [6.45, 7) is 0. The normalized spacial score (nSPS) is 24.6. The summed E-state index contributed by atoms with van der Waals surface area (Å²) in [6.07, 6.45) is 0.0965. The molecule has 1 heterocycles. The van der Waals surface area contributed by atoms with Crippen LogP contribution in [0.5, 0.6) is 0 Å². The van der Waals surface area contributed by atoms with Crippen molar-refractivity contribution in [2.45, 2.75) is 12.1 Å². The molecule has 1 aliphatic heterocycles. The van der Waals surface area contributed by atoms with Crippen LogP contribution in [0.4, 0.5) is 4.79 Å². The molecule has 0 bridgehead atoms. The van der Waals surface area contributed by atoms with E-state index in [4.69, 9.17) is 0 Å². The molecule has 90 valence electrons. The number of likely N-dealkylation sites (N-methyl/N-ethyl adjacent to an activating group) is 2. The second-order valence-corrected chi connectivity index (χ2v) is 4.18. The van der Waals surface area contributed by atoms with Crippen LogP contribution in [-0.4, -0.2) is 46.7 Å². The maximum absolute atomic E-state index is 11.9. The summed E-state index contributed by atoms with van der Waals surface area (Å²) < 4.78 is 0. The van der Waals surface area contributed by atoms with Gasteiger partial charge in [-0.05, 0) is 5.56 Å². The SMILES string of the molecule is CN1C(=O)N(C)C(O)(Cc2ccccc2)C1=O. The summed E-state index contributed by atoms with van der Waals surface area (Å²) in [5, 5.41) is 10.3. The quantitative estimate of drug-likeness (QED) is 0.755. The Labute approximate surface area is 99.3 Å². The van der Waals surface area contributed by atoms with E-state index in [0.717, 1.165) is 15.4 Å². The van der Waals surface area contributed by atoms with Crippen molar-refractivity contribution < 1.29 is 14.7 Å². The van der Waals surface area contributed by atoms with E-state index in [1.165, 1.54) is 14.1 Å². The highest BCUT2D eigenvalue weighted by atomic mass is 16.3. The number of benzene rings is 1. The van der Waals surface area contributed by atoms with Gasteiger partial charge in [-0.1, -0.05) is 30.3 Å². The van der Waals surface area contributed by atoms with Crippen molar-refractivity contribution >= 4 is 11.9 Å². The minimum absolute atomic E-state index is 0.0965. The van der Waals surface area contributed by atoms with Crippen LogP contribution in [0.3, 0.4) is 0 Å². The van der Waals surface area contributed by atoms with Crippen molar-refractivity contribution in [2.75, 3.05) is 14.1 Å². The summed E-state index contributed by atoms with van der Waals surface area (Å²) in [4.78, 5) is 25.5. The van der Waals surface area contributed by atoms with Crippen LogP contribution >= 0.6 is 0 Å². The molecule has 1 atom stereocenters. The highest BCUT2D eigenvalue weighted by molar-refractivity contribution is 6.05. The van der Waals surface area contributed by atoms with Gasteiger partial charge in [-0.3, -0.25) is 14.6 Å². The summed E-state index contributed by atoms with van der Waals surface area (Å²) in [7, 11) is 2.79. The number of hydrogen-bond acceptors (Lipinski definition) is 3. The third-order valence-corrected chi connectivity index (χ3v) is 3.07. The van der Waals surface area contributed by atoms with Crippen LogP contribution < -0.4 is 0 Å². The molecule has 1 N–H and O–H groups in total. The standard InChI is InChI=1S/C12H14N2O3/c1-13-10(15)12(17,14(2)11(13)16)8-9-6-4-3-5-7-9/h3-7,17H,8H2,1-2H3. The molecule has 5 heteroatoms. The van der Waals surface area contributed by atoms with Gasteiger partial charge in [0.05, 0.1) is 0 Å². The second-order valence-electron chi connectivity index (χ2n) is 4.18. The van der Waals surface area contributed by atoms with Gasteiger partial charge in [-0.25, -0.2) is 4.79 Å². The molecule has 0 spiro atoms. The van der Waals surface area contributed by atoms with Crippen molar-refractivity contribution in [2.24, 2.45) is 0 Å². The molecule has 1 aromatic carbocycles. The number of carbonyl (C=O) groups excluding carboxylic acids is 2. The third kappa shape index (κ3) is 1.68. The van der Waals surface area contributed by atoms with Gasteiger partial charge in [0, 0.05) is 20.5 Å². The number of carbonyl (C=O) groups is 2. The van der Waals surface area contributed by atoms with Crippen molar-refractivity contribution in [3.63, 3.8) is 0 Å². The number of hydrogen-bond donors (Lipinski definition) is 1. The van der Waals surface area contributed by atoms with E-state index in [1.54, 1.807) is 0 Å². The Kier molecular flexibility index (Phi) is 2.63. The zero-order valence-electron chi connectivity index (χ0n) is 9.75. The molecule has 0 aromatic heterocycles. The minimum atomic E-state index is -1.77. The van der Waals surface area contributed by atoms with Crippen LogP contribution in [0, 0.1) is 0 Å². The summed E-state index contributed by atoms with van der Waals surface area (Å²) in [5.74, 6) is -0.589. The Hall–Kier alpha value is -1.88. The van der Waals surface area contributed by atoms with Crippen LogP contribution in [0.15, 0.2) is 30.3 Å². The third-order valence-electron chi connectivity index (χ3n) is 3.07. The van der Waals surface area contributed by atoms with Crippen LogP contribution in [0.2, 0.25) is 0 Å². The number of aliphatic hydroxyl groups is 1. The lowest BCUT2D eigenvalue weighted by atomic mass is 10.0. The highest BCUT2D eigenvalue weighted by Gasteiger charge is 2.53. The number of rotatable bonds is 2. The van der Waals surface area contributed by atoms with Gasteiger partial charge in [-0.2, -0.15) is 0 Å². The number of amides is 3. The minimum Gasteiger partial charge on any atom is -0.363 e.